The van der Waals surface area contributed by atoms with Crippen LogP contribution in [0.25, 0.3) is 0 Å². The number of unbranched alkanes of at least 4 members (excludes halogenated alkanes) is 1. The van der Waals surface area contributed by atoms with Gasteiger partial charge in [0, 0.05) is 58.6 Å². The molecule has 0 saturated carbocycles. The molecule has 1 fully saturated rings. The van der Waals surface area contributed by atoms with E-state index in [2.05, 4.69) is 6.92 Å². The standard InChI is InChI=1S/C15H21N2O2.Y/c1-3-4-10-19-12-14-11-16(2)15(18)17(14)13-8-6-5-7-9-13;/h5-9,14H,1,3-4,10-12H2,2H3;/q-1;/t14-;/m1./s1. The molecule has 0 N–H and O–H groups in total. The normalized spacial score (nSPS) is 18.3. The largest absolute Gasteiger partial charge is 0.379 e. The van der Waals surface area contributed by atoms with Gasteiger partial charge in [-0.25, -0.2) is 4.79 Å². The predicted octanol–water partition coefficient (Wildman–Crippen LogP) is 2.56. The van der Waals surface area contributed by atoms with Crippen molar-refractivity contribution < 1.29 is 42.2 Å². The minimum atomic E-state index is 0. The number of amides is 2. The van der Waals surface area contributed by atoms with E-state index in [1.54, 1.807) is 4.90 Å². The predicted molar refractivity (Wildman–Crippen MR) is 76.1 cm³/mol. The monoisotopic (exact) mass is 350 g/mol. The summed E-state index contributed by atoms with van der Waals surface area (Å²) in [5.74, 6) is 0. The van der Waals surface area contributed by atoms with Gasteiger partial charge in [0.15, 0.2) is 0 Å². The molecule has 5 heteroatoms. The molecule has 1 radical (unpaired) electrons. The fourth-order valence-electron chi connectivity index (χ4n) is 2.28. The molecule has 2 amide bonds. The Morgan fingerprint density at radius 2 is 2.05 bits per heavy atom. The first-order valence-electron chi connectivity index (χ1n) is 6.70. The van der Waals surface area contributed by atoms with Crippen molar-refractivity contribution in [1.82, 2.24) is 4.90 Å². The van der Waals surface area contributed by atoms with Gasteiger partial charge in [0.1, 0.15) is 0 Å². The van der Waals surface area contributed by atoms with Gasteiger partial charge in [-0.05, 0) is 12.1 Å². The van der Waals surface area contributed by atoms with Gasteiger partial charge in [-0.15, -0.1) is 0 Å². The molecule has 0 unspecified atom stereocenters. The number of para-hydroxylation sites is 1. The Balaban J connectivity index is 0.00000200. The van der Waals surface area contributed by atoms with Gasteiger partial charge in [-0.3, -0.25) is 4.90 Å². The minimum absolute atomic E-state index is 0. The summed E-state index contributed by atoms with van der Waals surface area (Å²) in [7, 11) is 1.83. The van der Waals surface area contributed by atoms with Crippen molar-refractivity contribution in [2.24, 2.45) is 0 Å². The van der Waals surface area contributed by atoms with E-state index in [0.717, 1.165) is 18.5 Å². The zero-order valence-electron chi connectivity index (χ0n) is 12.0. The molecule has 0 aliphatic carbocycles. The molecule has 0 spiro atoms. The number of hydrogen-bond donors (Lipinski definition) is 0. The molecule has 20 heavy (non-hydrogen) atoms. The van der Waals surface area contributed by atoms with E-state index >= 15 is 0 Å². The fourth-order valence-corrected chi connectivity index (χ4v) is 2.28. The first-order chi connectivity index (χ1) is 9.24. The second-order valence-electron chi connectivity index (χ2n) is 4.80. The van der Waals surface area contributed by atoms with Crippen molar-refractivity contribution in [3.63, 3.8) is 0 Å². The average Bonchev–Trinajstić information content (AvgIpc) is 2.71. The Hall–Kier alpha value is -0.446. The first-order valence-corrected chi connectivity index (χ1v) is 6.70. The second-order valence-corrected chi connectivity index (χ2v) is 4.80. The van der Waals surface area contributed by atoms with Gasteiger partial charge in [0.05, 0.1) is 12.6 Å². The molecule has 1 saturated heterocycles. The van der Waals surface area contributed by atoms with Crippen LogP contribution in [0.2, 0.25) is 0 Å². The van der Waals surface area contributed by atoms with E-state index in [1.165, 1.54) is 0 Å². The van der Waals surface area contributed by atoms with Crippen LogP contribution in [0, 0.1) is 6.92 Å². The topological polar surface area (TPSA) is 32.8 Å². The van der Waals surface area contributed by atoms with E-state index in [9.17, 15) is 4.79 Å². The quantitative estimate of drug-likeness (QED) is 0.584. The summed E-state index contributed by atoms with van der Waals surface area (Å²) < 4.78 is 5.65. The number of likely N-dealkylation sites (N-methyl/N-ethyl adjacent to an activating group) is 1. The molecule has 107 valence electrons. The molecule has 0 aromatic heterocycles. The number of carbonyl (C=O) groups is 1. The number of urea groups is 1. The smallest absolute Gasteiger partial charge is 0.324 e. The summed E-state index contributed by atoms with van der Waals surface area (Å²) in [6.07, 6.45) is 1.84. The van der Waals surface area contributed by atoms with Crippen LogP contribution in [-0.2, 0) is 37.4 Å². The van der Waals surface area contributed by atoms with Crippen molar-refractivity contribution in [2.45, 2.75) is 18.9 Å². The van der Waals surface area contributed by atoms with Crippen LogP contribution >= 0.6 is 0 Å². The van der Waals surface area contributed by atoms with Crippen molar-refractivity contribution in [1.29, 1.82) is 0 Å². The van der Waals surface area contributed by atoms with Gasteiger partial charge in [-0.1, -0.05) is 24.6 Å². The summed E-state index contributed by atoms with van der Waals surface area (Å²) in [6, 6.07) is 9.89. The van der Waals surface area contributed by atoms with Crippen LogP contribution in [0.15, 0.2) is 30.3 Å². The fraction of sp³-hybridized carbons (Fsp3) is 0.467. The van der Waals surface area contributed by atoms with E-state index in [1.807, 2.05) is 42.3 Å². The van der Waals surface area contributed by atoms with E-state index in [0.29, 0.717) is 19.8 Å². The van der Waals surface area contributed by atoms with Gasteiger partial charge >= 0.3 is 6.03 Å². The average molecular weight is 350 g/mol. The molecule has 1 heterocycles. The van der Waals surface area contributed by atoms with Crippen LogP contribution in [0.5, 0.6) is 0 Å². The Morgan fingerprint density at radius 3 is 2.70 bits per heavy atom. The third-order valence-electron chi connectivity index (χ3n) is 3.27. The summed E-state index contributed by atoms with van der Waals surface area (Å²) in [5, 5.41) is 0. The van der Waals surface area contributed by atoms with Crippen molar-refractivity contribution >= 4 is 11.7 Å². The van der Waals surface area contributed by atoms with Crippen LogP contribution in [-0.4, -0.2) is 43.8 Å². The number of carbonyl (C=O) groups excluding carboxylic acids is 1. The van der Waals surface area contributed by atoms with Crippen LogP contribution in [0.1, 0.15) is 12.8 Å². The number of hydrogen-bond acceptors (Lipinski definition) is 2. The van der Waals surface area contributed by atoms with Crippen LogP contribution < -0.4 is 4.90 Å². The molecule has 1 atom stereocenters. The Labute approximate surface area is 146 Å². The SMILES string of the molecule is [CH2-]CCCOC[C@H]1CN(C)C(=O)N1c1ccccc1.[Y]. The number of rotatable bonds is 6. The third-order valence-corrected chi connectivity index (χ3v) is 3.27. The molecule has 2 rings (SSSR count). The van der Waals surface area contributed by atoms with Gasteiger partial charge in [0.25, 0.3) is 0 Å². The summed E-state index contributed by atoms with van der Waals surface area (Å²) in [5.41, 5.74) is 0.933. The zero-order valence-corrected chi connectivity index (χ0v) is 14.8. The Morgan fingerprint density at radius 1 is 1.35 bits per heavy atom. The molecule has 1 aliphatic rings. The molecular formula is C15H21N2O2Y-. The number of benzene rings is 1. The molecular weight excluding hydrogens is 329 g/mol. The number of ether oxygens (including phenoxy) is 1. The van der Waals surface area contributed by atoms with Gasteiger partial charge in [-0.2, -0.15) is 6.42 Å². The van der Waals surface area contributed by atoms with E-state index in [4.69, 9.17) is 4.74 Å². The molecule has 1 aromatic rings. The van der Waals surface area contributed by atoms with E-state index in [-0.39, 0.29) is 44.8 Å². The summed E-state index contributed by atoms with van der Waals surface area (Å²) in [6.45, 7) is 5.78. The van der Waals surface area contributed by atoms with Gasteiger partial charge in [0.2, 0.25) is 0 Å². The van der Waals surface area contributed by atoms with E-state index < -0.39 is 0 Å². The van der Waals surface area contributed by atoms with Crippen molar-refractivity contribution in [2.75, 3.05) is 31.7 Å². The third kappa shape index (κ3) is 4.27. The van der Waals surface area contributed by atoms with Crippen molar-refractivity contribution in [3.05, 3.63) is 37.3 Å². The van der Waals surface area contributed by atoms with Crippen LogP contribution in [0.3, 0.4) is 0 Å². The zero-order chi connectivity index (χ0) is 13.7. The number of anilines is 1. The Bertz CT molecular complexity index is 414. The first kappa shape index (κ1) is 17.6. The summed E-state index contributed by atoms with van der Waals surface area (Å²) >= 11 is 0. The second kappa shape index (κ2) is 8.76. The summed E-state index contributed by atoms with van der Waals surface area (Å²) in [4.78, 5) is 15.8. The molecule has 4 nitrogen and oxygen atoms in total. The minimum Gasteiger partial charge on any atom is -0.379 e. The van der Waals surface area contributed by atoms with Crippen LogP contribution in [0.4, 0.5) is 10.5 Å². The number of nitrogens with zero attached hydrogens (tertiary/aromatic N) is 2. The molecule has 1 aliphatic heterocycles. The maximum atomic E-state index is 12.2. The van der Waals surface area contributed by atoms with Gasteiger partial charge < -0.3 is 16.6 Å². The molecule has 0 bridgehead atoms. The maximum Gasteiger partial charge on any atom is 0.324 e. The Kier molecular flexibility index (Phi) is 7.71. The van der Waals surface area contributed by atoms with Crippen molar-refractivity contribution in [3.8, 4) is 0 Å². The molecule has 1 aromatic carbocycles. The maximum absolute atomic E-state index is 12.2.